The number of aromatic nitrogens is 2. The number of phenols is 1. The zero-order valence-electron chi connectivity index (χ0n) is 10.4. The molecule has 0 atom stereocenters. The second-order valence-electron chi connectivity index (χ2n) is 4.09. The van der Waals surface area contributed by atoms with Crippen LogP contribution in [0, 0.1) is 0 Å². The number of aryl methyl sites for hydroxylation is 1. The molecule has 2 aromatic rings. The molecule has 19 heavy (non-hydrogen) atoms. The SMILES string of the molecule is Cn1nccc1CCNS(=O)(=O)c1cccc(O)c1. The van der Waals surface area contributed by atoms with Crippen LogP contribution in [0.25, 0.3) is 0 Å². The van der Waals surface area contributed by atoms with Crippen LogP contribution < -0.4 is 4.72 Å². The van der Waals surface area contributed by atoms with Crippen molar-refractivity contribution in [1.82, 2.24) is 14.5 Å². The lowest BCUT2D eigenvalue weighted by Crippen LogP contribution is -2.26. The highest BCUT2D eigenvalue weighted by atomic mass is 32.2. The predicted molar refractivity (Wildman–Crippen MR) is 70.2 cm³/mol. The van der Waals surface area contributed by atoms with Crippen molar-refractivity contribution in [1.29, 1.82) is 0 Å². The third-order valence-electron chi connectivity index (χ3n) is 2.72. The molecule has 1 heterocycles. The molecular weight excluding hydrogens is 266 g/mol. The lowest BCUT2D eigenvalue weighted by atomic mass is 10.3. The van der Waals surface area contributed by atoms with E-state index in [-0.39, 0.29) is 17.2 Å². The summed E-state index contributed by atoms with van der Waals surface area (Å²) in [6, 6.07) is 7.40. The molecule has 2 N–H and O–H groups in total. The first-order chi connectivity index (χ1) is 8.99. The molecule has 6 nitrogen and oxygen atoms in total. The fraction of sp³-hybridized carbons (Fsp3) is 0.250. The van der Waals surface area contributed by atoms with Crippen LogP contribution in [0.2, 0.25) is 0 Å². The molecular formula is C12H15N3O3S. The van der Waals surface area contributed by atoms with Crippen LogP contribution in [0.4, 0.5) is 0 Å². The number of hydrogen-bond acceptors (Lipinski definition) is 4. The number of hydrogen-bond donors (Lipinski definition) is 2. The van der Waals surface area contributed by atoms with Gasteiger partial charge in [0.05, 0.1) is 4.90 Å². The van der Waals surface area contributed by atoms with Crippen molar-refractivity contribution in [3.05, 3.63) is 42.2 Å². The van der Waals surface area contributed by atoms with E-state index in [2.05, 4.69) is 9.82 Å². The number of phenolic OH excluding ortho intramolecular Hbond substituents is 1. The minimum atomic E-state index is -3.59. The van der Waals surface area contributed by atoms with Crippen LogP contribution >= 0.6 is 0 Å². The monoisotopic (exact) mass is 281 g/mol. The van der Waals surface area contributed by atoms with Gasteiger partial charge in [0.15, 0.2) is 0 Å². The van der Waals surface area contributed by atoms with Gasteiger partial charge in [-0.2, -0.15) is 5.10 Å². The van der Waals surface area contributed by atoms with E-state index in [1.165, 1.54) is 24.3 Å². The number of benzene rings is 1. The summed E-state index contributed by atoms with van der Waals surface area (Å²) in [5.41, 5.74) is 0.943. The standard InChI is InChI=1S/C12H15N3O3S/c1-15-10(5-7-13-15)6-8-14-19(17,18)12-4-2-3-11(16)9-12/h2-5,7,9,14,16H,6,8H2,1H3. The van der Waals surface area contributed by atoms with Gasteiger partial charge in [-0.3, -0.25) is 4.68 Å². The van der Waals surface area contributed by atoms with Gasteiger partial charge in [-0.1, -0.05) is 6.07 Å². The molecule has 2 rings (SSSR count). The predicted octanol–water partition coefficient (Wildman–Crippen LogP) is 0.647. The maximum atomic E-state index is 12.0. The van der Waals surface area contributed by atoms with Crippen LogP contribution in [0.5, 0.6) is 5.75 Å². The molecule has 0 fully saturated rings. The summed E-state index contributed by atoms with van der Waals surface area (Å²) in [5, 5.41) is 13.3. The molecule has 0 saturated heterocycles. The Labute approximate surface area is 111 Å². The van der Waals surface area contributed by atoms with E-state index in [1.54, 1.807) is 17.9 Å². The largest absolute Gasteiger partial charge is 0.508 e. The summed E-state index contributed by atoms with van der Waals surface area (Å²) in [4.78, 5) is 0.0532. The first kappa shape index (κ1) is 13.6. The van der Waals surface area contributed by atoms with Gasteiger partial charge in [0, 0.05) is 31.9 Å². The number of aromatic hydroxyl groups is 1. The third kappa shape index (κ3) is 3.33. The van der Waals surface area contributed by atoms with Gasteiger partial charge in [0.2, 0.25) is 10.0 Å². The zero-order chi connectivity index (χ0) is 13.9. The van der Waals surface area contributed by atoms with Gasteiger partial charge in [-0.15, -0.1) is 0 Å². The van der Waals surface area contributed by atoms with Gasteiger partial charge in [0.1, 0.15) is 5.75 Å². The van der Waals surface area contributed by atoms with Crippen molar-refractivity contribution in [2.75, 3.05) is 6.54 Å². The quantitative estimate of drug-likeness (QED) is 0.842. The average Bonchev–Trinajstić information content (AvgIpc) is 2.75. The molecule has 0 radical (unpaired) electrons. The Balaban J connectivity index is 2.01. The molecule has 0 unspecified atom stereocenters. The Morgan fingerprint density at radius 1 is 1.37 bits per heavy atom. The van der Waals surface area contributed by atoms with Crippen molar-refractivity contribution < 1.29 is 13.5 Å². The highest BCUT2D eigenvalue weighted by Crippen LogP contribution is 2.15. The first-order valence-corrected chi connectivity index (χ1v) is 7.23. The van der Waals surface area contributed by atoms with E-state index in [1.807, 2.05) is 6.07 Å². The molecule has 0 aliphatic heterocycles. The number of nitrogens with one attached hydrogen (secondary N) is 1. The molecule has 0 spiro atoms. The van der Waals surface area contributed by atoms with Crippen LogP contribution in [-0.4, -0.2) is 29.8 Å². The van der Waals surface area contributed by atoms with Gasteiger partial charge >= 0.3 is 0 Å². The fourth-order valence-corrected chi connectivity index (χ4v) is 2.77. The van der Waals surface area contributed by atoms with Crippen molar-refractivity contribution in [3.63, 3.8) is 0 Å². The van der Waals surface area contributed by atoms with E-state index in [9.17, 15) is 13.5 Å². The summed E-state index contributed by atoms with van der Waals surface area (Å²) in [6.07, 6.45) is 2.22. The fourth-order valence-electron chi connectivity index (χ4n) is 1.69. The second-order valence-corrected chi connectivity index (χ2v) is 5.86. The maximum Gasteiger partial charge on any atom is 0.240 e. The van der Waals surface area contributed by atoms with Crippen molar-refractivity contribution in [2.45, 2.75) is 11.3 Å². The van der Waals surface area contributed by atoms with E-state index < -0.39 is 10.0 Å². The normalized spacial score (nSPS) is 11.6. The van der Waals surface area contributed by atoms with Gasteiger partial charge in [0.25, 0.3) is 0 Å². The molecule has 0 aliphatic carbocycles. The highest BCUT2D eigenvalue weighted by Gasteiger charge is 2.13. The molecule has 0 amide bonds. The average molecular weight is 281 g/mol. The van der Waals surface area contributed by atoms with E-state index in [0.717, 1.165) is 5.69 Å². The van der Waals surface area contributed by atoms with Gasteiger partial charge in [-0.25, -0.2) is 13.1 Å². The summed E-state index contributed by atoms with van der Waals surface area (Å²) >= 11 is 0. The lowest BCUT2D eigenvalue weighted by molar-refractivity contribution is 0.473. The Hall–Kier alpha value is -1.86. The molecule has 0 saturated carbocycles. The Kier molecular flexibility index (Phi) is 3.87. The highest BCUT2D eigenvalue weighted by molar-refractivity contribution is 7.89. The lowest BCUT2D eigenvalue weighted by Gasteiger charge is -2.07. The second kappa shape index (κ2) is 5.41. The molecule has 1 aromatic heterocycles. The van der Waals surface area contributed by atoms with Crippen LogP contribution in [0.1, 0.15) is 5.69 Å². The number of rotatable bonds is 5. The topological polar surface area (TPSA) is 84.2 Å². The summed E-state index contributed by atoms with van der Waals surface area (Å²) < 4.78 is 28.1. The number of sulfonamides is 1. The molecule has 1 aromatic carbocycles. The zero-order valence-corrected chi connectivity index (χ0v) is 11.3. The minimum Gasteiger partial charge on any atom is -0.508 e. The van der Waals surface area contributed by atoms with Crippen LogP contribution in [-0.2, 0) is 23.5 Å². The van der Waals surface area contributed by atoms with Crippen LogP contribution in [0.3, 0.4) is 0 Å². The van der Waals surface area contributed by atoms with Gasteiger partial charge in [-0.05, 0) is 24.3 Å². The Morgan fingerprint density at radius 3 is 2.79 bits per heavy atom. The number of nitrogens with zero attached hydrogens (tertiary/aromatic N) is 2. The molecule has 102 valence electrons. The summed E-state index contributed by atoms with van der Waals surface area (Å²) in [6.45, 7) is 0.275. The molecule has 0 bridgehead atoms. The smallest absolute Gasteiger partial charge is 0.240 e. The van der Waals surface area contributed by atoms with Crippen molar-refractivity contribution in [2.24, 2.45) is 7.05 Å². The van der Waals surface area contributed by atoms with Crippen molar-refractivity contribution >= 4 is 10.0 Å². The minimum absolute atomic E-state index is 0.0532. The summed E-state index contributed by atoms with van der Waals surface area (Å²) in [5.74, 6) is -0.0745. The maximum absolute atomic E-state index is 12.0. The van der Waals surface area contributed by atoms with Crippen LogP contribution in [0.15, 0.2) is 41.4 Å². The summed E-state index contributed by atoms with van der Waals surface area (Å²) in [7, 11) is -1.78. The van der Waals surface area contributed by atoms with Gasteiger partial charge < -0.3 is 5.11 Å². The first-order valence-electron chi connectivity index (χ1n) is 5.74. The van der Waals surface area contributed by atoms with Crippen molar-refractivity contribution in [3.8, 4) is 5.75 Å². The van der Waals surface area contributed by atoms with E-state index in [0.29, 0.717) is 6.42 Å². The third-order valence-corrected chi connectivity index (χ3v) is 4.18. The van der Waals surface area contributed by atoms with E-state index >= 15 is 0 Å². The Morgan fingerprint density at radius 2 is 2.16 bits per heavy atom. The molecule has 7 heteroatoms. The Bertz CT molecular complexity index is 664. The molecule has 0 aliphatic rings. The van der Waals surface area contributed by atoms with E-state index in [4.69, 9.17) is 0 Å².